The van der Waals surface area contributed by atoms with Gasteiger partial charge in [-0.05, 0) is 0 Å². The van der Waals surface area contributed by atoms with Crippen LogP contribution in [0, 0.1) is 26.3 Å². The second-order valence-corrected chi connectivity index (χ2v) is 2.35. The molecule has 1 rings (SSSR count). The Labute approximate surface area is 97.9 Å². The number of hydrogen-bond donors (Lipinski definition) is 1. The van der Waals surface area contributed by atoms with Crippen LogP contribution in [0.5, 0.6) is 0 Å². The minimum atomic E-state index is 0. The first-order valence-corrected chi connectivity index (χ1v) is 3.41. The quantitative estimate of drug-likeness (QED) is 0.738. The maximum absolute atomic E-state index is 5.61. The zero-order valence-electron chi connectivity index (χ0n) is 7.55. The molecule has 3 nitrogen and oxygen atoms in total. The number of hydrogen-bond acceptors (Lipinski definition) is 2. The van der Waals surface area contributed by atoms with E-state index >= 15 is 0 Å². The molecule has 0 aromatic carbocycles. The third-order valence-electron chi connectivity index (χ3n) is 1.67. The zero-order chi connectivity index (χ0) is 8.43. The molecule has 0 spiro atoms. The number of allylic oxidation sites excluding steroid dienone is 1. The van der Waals surface area contributed by atoms with Gasteiger partial charge in [0.05, 0.1) is 0 Å². The molecule has 1 aromatic rings. The molecule has 0 aliphatic heterocycles. The monoisotopic (exact) mass is 238 g/mol. The van der Waals surface area contributed by atoms with Crippen LogP contribution in [0.2, 0.25) is 0 Å². The van der Waals surface area contributed by atoms with Gasteiger partial charge in [-0.3, -0.25) is 0 Å². The molecular weight excluding hydrogens is 227 g/mol. The van der Waals surface area contributed by atoms with E-state index in [9.17, 15) is 0 Å². The van der Waals surface area contributed by atoms with Crippen molar-refractivity contribution < 1.29 is 32.7 Å². The summed E-state index contributed by atoms with van der Waals surface area (Å²) >= 11 is 0. The Balaban J connectivity index is 0.00000121. The van der Waals surface area contributed by atoms with Gasteiger partial charge in [-0.25, -0.2) is 6.92 Å². The fourth-order valence-electron chi connectivity index (χ4n) is 0.789. The first-order chi connectivity index (χ1) is 5.16. The maximum Gasteiger partial charge on any atom is 0.0400 e. The summed E-state index contributed by atoms with van der Waals surface area (Å²) in [5.41, 5.74) is 7.56. The van der Waals surface area contributed by atoms with Crippen molar-refractivity contribution in [3.8, 4) is 0 Å². The molecule has 0 unspecified atom stereocenters. The van der Waals surface area contributed by atoms with E-state index in [0.29, 0.717) is 5.82 Å². The molecule has 63 valence electrons. The van der Waals surface area contributed by atoms with E-state index in [0.717, 1.165) is 11.4 Å². The Hall–Kier alpha value is -0.146. The third-order valence-corrected chi connectivity index (χ3v) is 1.67. The molecule has 0 amide bonds. The molecule has 1 radical (unpaired) electrons. The van der Waals surface area contributed by atoms with Gasteiger partial charge < -0.3 is 21.4 Å². The van der Waals surface area contributed by atoms with Gasteiger partial charge in [-0.1, -0.05) is 25.2 Å². The molecule has 0 saturated heterocycles. The average molecular weight is 238 g/mol. The van der Waals surface area contributed by atoms with Crippen molar-refractivity contribution in [3.63, 3.8) is 0 Å². The molecule has 0 bridgehead atoms. The smallest absolute Gasteiger partial charge is 0.0400 e. The number of aromatic nitrogens is 2. The van der Waals surface area contributed by atoms with Crippen LogP contribution in [0.15, 0.2) is 0 Å². The van der Waals surface area contributed by atoms with E-state index in [1.807, 2.05) is 13.8 Å². The van der Waals surface area contributed by atoms with Crippen LogP contribution in [-0.2, 0) is 32.7 Å². The Kier molecular flexibility index (Phi) is 4.72. The van der Waals surface area contributed by atoms with Crippen molar-refractivity contribution in [2.24, 2.45) is 5.73 Å². The summed E-state index contributed by atoms with van der Waals surface area (Å²) < 4.78 is 1.69. The minimum absolute atomic E-state index is 0. The van der Waals surface area contributed by atoms with Gasteiger partial charge in [0.25, 0.3) is 0 Å². The fourth-order valence-corrected chi connectivity index (χ4v) is 0.789. The third kappa shape index (κ3) is 2.17. The van der Waals surface area contributed by atoms with Crippen molar-refractivity contribution >= 4 is 5.82 Å². The molecular formula is C8H11N3Y-2. The van der Waals surface area contributed by atoms with Gasteiger partial charge in [0.1, 0.15) is 0 Å². The number of rotatable bonds is 1. The molecule has 12 heavy (non-hydrogen) atoms. The van der Waals surface area contributed by atoms with E-state index in [4.69, 9.17) is 5.73 Å². The van der Waals surface area contributed by atoms with Crippen LogP contribution in [0.25, 0.3) is 5.82 Å². The van der Waals surface area contributed by atoms with Gasteiger partial charge in [0, 0.05) is 39.0 Å². The predicted molar refractivity (Wildman–Crippen MR) is 43.3 cm³/mol. The first-order valence-electron chi connectivity index (χ1n) is 3.41. The molecule has 2 N–H and O–H groups in total. The Morgan fingerprint density at radius 1 is 1.58 bits per heavy atom. The van der Waals surface area contributed by atoms with Crippen molar-refractivity contribution in [1.29, 1.82) is 0 Å². The summed E-state index contributed by atoms with van der Waals surface area (Å²) in [5.74, 6) is 0.545. The van der Waals surface area contributed by atoms with Gasteiger partial charge in [-0.15, -0.1) is 0 Å². The van der Waals surface area contributed by atoms with Crippen LogP contribution in [-0.4, -0.2) is 9.55 Å². The van der Waals surface area contributed by atoms with Crippen LogP contribution in [0.3, 0.4) is 0 Å². The summed E-state index contributed by atoms with van der Waals surface area (Å²) in [5, 5.41) is 0. The van der Waals surface area contributed by atoms with Crippen LogP contribution in [0.1, 0.15) is 18.3 Å². The SMILES string of the molecule is C[C-]=C(N)n1[c-]nc(C)c1C.[Y]. The molecule has 0 aliphatic rings. The largest absolute Gasteiger partial charge is 0.512 e. The Morgan fingerprint density at radius 2 is 2.17 bits per heavy atom. The van der Waals surface area contributed by atoms with Crippen LogP contribution < -0.4 is 5.73 Å². The van der Waals surface area contributed by atoms with E-state index in [1.165, 1.54) is 0 Å². The predicted octanol–water partition coefficient (Wildman–Crippen LogP) is 0.878. The van der Waals surface area contributed by atoms with Crippen LogP contribution >= 0.6 is 0 Å². The molecule has 0 fully saturated rings. The first kappa shape index (κ1) is 11.9. The summed E-state index contributed by atoms with van der Waals surface area (Å²) in [6.45, 7) is 5.63. The second kappa shape index (κ2) is 4.78. The summed E-state index contributed by atoms with van der Waals surface area (Å²) in [4.78, 5) is 3.98. The Bertz CT molecular complexity index is 288. The second-order valence-electron chi connectivity index (χ2n) is 2.35. The van der Waals surface area contributed by atoms with Crippen molar-refractivity contribution in [2.45, 2.75) is 20.8 Å². The molecule has 0 atom stereocenters. The summed E-state index contributed by atoms with van der Waals surface area (Å²) in [6.07, 6.45) is 5.59. The van der Waals surface area contributed by atoms with E-state index in [1.54, 1.807) is 11.5 Å². The van der Waals surface area contributed by atoms with Crippen molar-refractivity contribution in [3.05, 3.63) is 23.8 Å². The summed E-state index contributed by atoms with van der Waals surface area (Å²) in [6, 6.07) is 0. The number of imidazole rings is 1. The topological polar surface area (TPSA) is 43.8 Å². The van der Waals surface area contributed by atoms with Crippen molar-refractivity contribution in [2.75, 3.05) is 0 Å². The van der Waals surface area contributed by atoms with E-state index in [2.05, 4.69) is 17.4 Å². The maximum atomic E-state index is 5.61. The van der Waals surface area contributed by atoms with Crippen LogP contribution in [0.4, 0.5) is 0 Å². The molecule has 1 heterocycles. The van der Waals surface area contributed by atoms with Gasteiger partial charge in [0.2, 0.25) is 0 Å². The van der Waals surface area contributed by atoms with E-state index < -0.39 is 0 Å². The fraction of sp³-hybridized carbons (Fsp3) is 0.375. The number of nitrogens with zero attached hydrogens (tertiary/aromatic N) is 2. The number of nitrogens with two attached hydrogens (primary N) is 1. The average Bonchev–Trinajstić information content (AvgIpc) is 2.32. The number of aryl methyl sites for hydroxylation is 1. The van der Waals surface area contributed by atoms with Crippen molar-refractivity contribution in [1.82, 2.24) is 9.55 Å². The summed E-state index contributed by atoms with van der Waals surface area (Å²) in [7, 11) is 0. The minimum Gasteiger partial charge on any atom is -0.512 e. The molecule has 0 aliphatic carbocycles. The Morgan fingerprint density at radius 3 is 2.50 bits per heavy atom. The van der Waals surface area contributed by atoms with Gasteiger partial charge in [0.15, 0.2) is 0 Å². The normalized spacial score (nSPS) is 11.1. The molecule has 0 saturated carbocycles. The molecule has 1 aromatic heterocycles. The van der Waals surface area contributed by atoms with Gasteiger partial charge in [-0.2, -0.15) is 5.82 Å². The molecule has 4 heteroatoms. The van der Waals surface area contributed by atoms with E-state index in [-0.39, 0.29) is 32.7 Å². The zero-order valence-corrected chi connectivity index (χ0v) is 10.4. The standard InChI is InChI=1S/C8H11N3.Y/c1-4-8(9)11-5-10-6(2)7(11)3;/h9H2,1-3H3;/q-2;. The van der Waals surface area contributed by atoms with Gasteiger partial charge >= 0.3 is 0 Å².